The fourth-order valence-corrected chi connectivity index (χ4v) is 6.45. The molecule has 33 heavy (non-hydrogen) atoms. The third kappa shape index (κ3) is 4.86. The van der Waals surface area contributed by atoms with Crippen molar-refractivity contribution in [3.05, 3.63) is 89.6 Å². The van der Waals surface area contributed by atoms with Crippen LogP contribution in [-0.4, -0.2) is 29.5 Å². The number of fused-ring (bicyclic) bond motifs is 1. The number of nitrogens with one attached hydrogen (secondary N) is 1. The molecule has 0 saturated carbocycles. The molecule has 0 amide bonds. The molecular formula is C21H13BrClFN2O5S2. The van der Waals surface area contributed by atoms with Crippen molar-refractivity contribution in [2.45, 2.75) is 10.6 Å². The first-order chi connectivity index (χ1) is 15.5. The summed E-state index contributed by atoms with van der Waals surface area (Å²) in [5.74, 6) is -2.31. The highest BCUT2D eigenvalue weighted by molar-refractivity contribution is 9.10. The zero-order valence-corrected chi connectivity index (χ0v) is 20.4. The van der Waals surface area contributed by atoms with Gasteiger partial charge in [0.05, 0.1) is 20.9 Å². The zero-order valence-electron chi connectivity index (χ0n) is 16.5. The summed E-state index contributed by atoms with van der Waals surface area (Å²) in [5.41, 5.74) is -1.31. The lowest BCUT2D eigenvalue weighted by Crippen LogP contribution is -2.34. The fraction of sp³-hybridized carbons (Fsp3) is 0.0952. The lowest BCUT2D eigenvalue weighted by molar-refractivity contribution is -0.116. The smallest absolute Gasteiger partial charge is 0.306 e. The van der Waals surface area contributed by atoms with E-state index in [0.717, 1.165) is 17.4 Å². The summed E-state index contributed by atoms with van der Waals surface area (Å²) in [6, 6.07) is 11.0. The van der Waals surface area contributed by atoms with E-state index in [0.29, 0.717) is 14.6 Å². The van der Waals surface area contributed by atoms with E-state index in [9.17, 15) is 27.2 Å². The van der Waals surface area contributed by atoms with E-state index < -0.39 is 38.4 Å². The highest BCUT2D eigenvalue weighted by Crippen LogP contribution is 2.26. The number of carbonyl (C=O) groups is 1. The van der Waals surface area contributed by atoms with Crippen molar-refractivity contribution >= 4 is 65.4 Å². The topological polar surface area (TPSA) is 106 Å². The monoisotopic (exact) mass is 570 g/mol. The summed E-state index contributed by atoms with van der Waals surface area (Å²) in [7, 11) is -3.86. The maximum absolute atomic E-state index is 14.9. The van der Waals surface area contributed by atoms with Gasteiger partial charge in [0.2, 0.25) is 0 Å². The molecule has 1 N–H and O–H groups in total. The Labute approximate surface area is 203 Å². The number of ketones is 1. The number of hydrogen-bond donors (Lipinski definition) is 1. The molecular weight excluding hydrogens is 559 g/mol. The number of nitrogens with zero attached hydrogens (tertiary/aromatic N) is 1. The molecule has 2 aromatic heterocycles. The van der Waals surface area contributed by atoms with Crippen LogP contribution in [0.2, 0.25) is 4.34 Å². The summed E-state index contributed by atoms with van der Waals surface area (Å²) in [5, 5.41) is 0.182. The van der Waals surface area contributed by atoms with Gasteiger partial charge in [-0.2, -0.15) is 0 Å². The van der Waals surface area contributed by atoms with Crippen LogP contribution >= 0.6 is 38.9 Å². The van der Waals surface area contributed by atoms with Crippen molar-refractivity contribution in [3.63, 3.8) is 0 Å². The number of thiophene rings is 1. The molecule has 0 aliphatic rings. The van der Waals surface area contributed by atoms with Gasteiger partial charge < -0.3 is 4.98 Å². The summed E-state index contributed by atoms with van der Waals surface area (Å²) in [4.78, 5) is 40.1. The van der Waals surface area contributed by atoms with Gasteiger partial charge in [0.25, 0.3) is 5.56 Å². The normalized spacial score (nSPS) is 11.7. The van der Waals surface area contributed by atoms with Gasteiger partial charge in [-0.1, -0.05) is 33.6 Å². The summed E-state index contributed by atoms with van der Waals surface area (Å²) in [6.07, 6.45) is -0.342. The predicted octanol–water partition coefficient (Wildman–Crippen LogP) is 3.88. The zero-order chi connectivity index (χ0) is 23.9. The van der Waals surface area contributed by atoms with Crippen molar-refractivity contribution in [3.8, 4) is 5.69 Å². The van der Waals surface area contributed by atoms with E-state index in [2.05, 4.69) is 20.9 Å². The first kappa shape index (κ1) is 23.6. The summed E-state index contributed by atoms with van der Waals surface area (Å²) < 4.78 is 41.1. The van der Waals surface area contributed by atoms with Crippen LogP contribution in [-0.2, 0) is 21.1 Å². The summed E-state index contributed by atoms with van der Waals surface area (Å²) >= 11 is 9.86. The standard InChI is InChI=1S/C21H13BrClFN2O5S2/c22-12-2-3-16-14(9-12)20(28)26(21(29)25-16)17-4-1-11(8-15(17)24)7-13(27)10-33(30,31)19-6-5-18(23)32-19/h1-6,8-9H,7,10H2,(H,25,29). The molecule has 0 aliphatic carbocycles. The molecule has 4 rings (SSSR count). The number of Topliss-reactive ketones (excluding diaryl/α,β-unsaturated/α-hetero) is 1. The molecule has 0 bridgehead atoms. The highest BCUT2D eigenvalue weighted by atomic mass is 79.9. The molecule has 0 unspecified atom stereocenters. The lowest BCUT2D eigenvalue weighted by atomic mass is 10.1. The largest absolute Gasteiger partial charge is 0.333 e. The third-order valence-corrected chi connectivity index (χ3v) is 8.70. The van der Waals surface area contributed by atoms with E-state index >= 15 is 0 Å². The first-order valence-electron chi connectivity index (χ1n) is 9.28. The predicted molar refractivity (Wildman–Crippen MR) is 128 cm³/mol. The second-order valence-electron chi connectivity index (χ2n) is 7.08. The number of rotatable bonds is 6. The van der Waals surface area contributed by atoms with Gasteiger partial charge in [-0.15, -0.1) is 11.3 Å². The first-order valence-corrected chi connectivity index (χ1v) is 12.9. The number of halogens is 3. The van der Waals surface area contributed by atoms with Crippen LogP contribution in [0, 0.1) is 5.82 Å². The van der Waals surface area contributed by atoms with Gasteiger partial charge in [0.1, 0.15) is 15.8 Å². The van der Waals surface area contributed by atoms with Crippen LogP contribution in [0.25, 0.3) is 16.6 Å². The van der Waals surface area contributed by atoms with E-state index in [1.165, 1.54) is 30.3 Å². The van der Waals surface area contributed by atoms with Crippen LogP contribution in [0.1, 0.15) is 5.56 Å². The number of sulfone groups is 1. The van der Waals surface area contributed by atoms with Crippen molar-refractivity contribution in [1.29, 1.82) is 0 Å². The quantitative estimate of drug-likeness (QED) is 0.378. The van der Waals surface area contributed by atoms with Crippen LogP contribution in [0.3, 0.4) is 0 Å². The van der Waals surface area contributed by atoms with E-state index in [-0.39, 0.29) is 31.6 Å². The fourth-order valence-electron chi connectivity index (χ4n) is 3.27. The minimum Gasteiger partial charge on any atom is -0.306 e. The average molecular weight is 572 g/mol. The van der Waals surface area contributed by atoms with E-state index in [1.54, 1.807) is 12.1 Å². The SMILES string of the molecule is O=C(Cc1ccc(-n2c(=O)[nH]c3ccc(Br)cc3c2=O)c(F)c1)CS(=O)(=O)c1ccc(Cl)s1. The maximum Gasteiger partial charge on any atom is 0.333 e. The highest BCUT2D eigenvalue weighted by Gasteiger charge is 2.22. The van der Waals surface area contributed by atoms with Gasteiger partial charge in [-0.3, -0.25) is 9.59 Å². The van der Waals surface area contributed by atoms with Gasteiger partial charge in [-0.05, 0) is 48.0 Å². The Morgan fingerprint density at radius 3 is 2.55 bits per heavy atom. The Balaban J connectivity index is 1.62. The number of hydrogen-bond acceptors (Lipinski definition) is 6. The Hall–Kier alpha value is -2.60. The van der Waals surface area contributed by atoms with E-state index in [1.807, 2.05) is 0 Å². The summed E-state index contributed by atoms with van der Waals surface area (Å²) in [6.45, 7) is 0. The molecule has 12 heteroatoms. The number of carbonyl (C=O) groups excluding carboxylic acids is 1. The average Bonchev–Trinajstić information content (AvgIpc) is 3.17. The maximum atomic E-state index is 14.9. The molecule has 0 radical (unpaired) electrons. The molecule has 0 aliphatic heterocycles. The van der Waals surface area contributed by atoms with Gasteiger partial charge in [0.15, 0.2) is 15.6 Å². The third-order valence-electron chi connectivity index (χ3n) is 4.72. The molecule has 0 spiro atoms. The minimum atomic E-state index is -3.86. The Kier molecular flexibility index (Phi) is 6.41. The van der Waals surface area contributed by atoms with Crippen molar-refractivity contribution in [2.24, 2.45) is 0 Å². The van der Waals surface area contributed by atoms with Gasteiger partial charge >= 0.3 is 5.69 Å². The van der Waals surface area contributed by atoms with Crippen molar-refractivity contribution in [2.75, 3.05) is 5.75 Å². The lowest BCUT2D eigenvalue weighted by Gasteiger charge is -2.09. The Morgan fingerprint density at radius 2 is 1.88 bits per heavy atom. The number of H-pyrrole nitrogens is 1. The molecule has 7 nitrogen and oxygen atoms in total. The van der Waals surface area contributed by atoms with Gasteiger partial charge in [-0.25, -0.2) is 22.2 Å². The van der Waals surface area contributed by atoms with Gasteiger partial charge in [0, 0.05) is 10.9 Å². The molecule has 170 valence electrons. The molecule has 2 aromatic carbocycles. The molecule has 4 aromatic rings. The minimum absolute atomic E-state index is 0.0241. The molecule has 2 heterocycles. The molecule has 0 fully saturated rings. The van der Waals surface area contributed by atoms with Crippen molar-refractivity contribution in [1.82, 2.24) is 9.55 Å². The number of benzene rings is 2. The van der Waals surface area contributed by atoms with Crippen LogP contribution in [0.4, 0.5) is 4.39 Å². The molecule has 0 saturated heterocycles. The van der Waals surface area contributed by atoms with Crippen LogP contribution in [0.5, 0.6) is 0 Å². The second kappa shape index (κ2) is 8.98. The van der Waals surface area contributed by atoms with Crippen LogP contribution in [0.15, 0.2) is 66.8 Å². The number of aromatic nitrogens is 2. The molecule has 0 atom stereocenters. The number of aromatic amines is 1. The Morgan fingerprint density at radius 1 is 1.12 bits per heavy atom. The Bertz CT molecular complexity index is 1640. The van der Waals surface area contributed by atoms with Crippen molar-refractivity contribution < 1.29 is 17.6 Å². The van der Waals surface area contributed by atoms with Crippen LogP contribution < -0.4 is 11.2 Å². The van der Waals surface area contributed by atoms with E-state index in [4.69, 9.17) is 11.6 Å². The second-order valence-corrected chi connectivity index (χ2v) is 11.9.